The number of benzene rings is 2. The Balaban J connectivity index is 2.16. The van der Waals surface area contributed by atoms with Gasteiger partial charge >= 0.3 is 0 Å². The van der Waals surface area contributed by atoms with E-state index in [9.17, 15) is 5.26 Å². The van der Waals surface area contributed by atoms with Crippen LogP contribution in [0.15, 0.2) is 42.5 Å². The number of aromatic nitrogens is 1. The molecule has 6 heteroatoms. The van der Waals surface area contributed by atoms with Crippen molar-refractivity contribution in [2.45, 2.75) is 20.3 Å². The molecule has 0 saturated heterocycles. The van der Waals surface area contributed by atoms with Gasteiger partial charge in [-0.1, -0.05) is 38.1 Å². The number of nitrogens with two attached hydrogens (primary N) is 1. The van der Waals surface area contributed by atoms with E-state index in [0.29, 0.717) is 40.0 Å². The fraction of sp³-hybridized carbons (Fsp3) is 0.280. The Morgan fingerprint density at radius 1 is 0.935 bits per heavy atom. The first kappa shape index (κ1) is 22.0. The van der Waals surface area contributed by atoms with Gasteiger partial charge in [-0.15, -0.1) is 0 Å². The molecule has 0 aliphatic rings. The first-order valence-electron chi connectivity index (χ1n) is 10.0. The Kier molecular flexibility index (Phi) is 6.66. The molecule has 3 aromatic rings. The molecule has 0 atom stereocenters. The van der Waals surface area contributed by atoms with Gasteiger partial charge in [-0.05, 0) is 41.7 Å². The summed E-state index contributed by atoms with van der Waals surface area (Å²) >= 11 is 0. The lowest BCUT2D eigenvalue weighted by Crippen LogP contribution is -2.01. The van der Waals surface area contributed by atoms with E-state index in [0.717, 1.165) is 17.5 Å². The molecule has 0 fully saturated rings. The zero-order chi connectivity index (χ0) is 22.5. The number of hydrogen-bond acceptors (Lipinski definition) is 6. The van der Waals surface area contributed by atoms with Crippen LogP contribution >= 0.6 is 0 Å². The molecule has 0 bridgehead atoms. The minimum absolute atomic E-state index is 0.176. The molecule has 1 heterocycles. The average Bonchev–Trinajstić information content (AvgIpc) is 2.77. The number of anilines is 1. The number of nitrogen functional groups attached to an aromatic ring is 1. The van der Waals surface area contributed by atoms with Crippen LogP contribution in [0.1, 0.15) is 25.0 Å². The minimum atomic E-state index is 0.176. The number of hydrogen-bond donors (Lipinski definition) is 1. The highest BCUT2D eigenvalue weighted by molar-refractivity contribution is 5.82. The fourth-order valence-corrected chi connectivity index (χ4v) is 3.58. The summed E-state index contributed by atoms with van der Waals surface area (Å²) in [6, 6.07) is 15.9. The quantitative estimate of drug-likeness (QED) is 0.576. The van der Waals surface area contributed by atoms with Gasteiger partial charge in [-0.3, -0.25) is 0 Å². The van der Waals surface area contributed by atoms with E-state index in [4.69, 9.17) is 19.9 Å². The van der Waals surface area contributed by atoms with Crippen molar-refractivity contribution in [3.63, 3.8) is 0 Å². The number of ether oxygens (including phenoxy) is 3. The third-order valence-corrected chi connectivity index (χ3v) is 5.03. The van der Waals surface area contributed by atoms with Gasteiger partial charge in [0.05, 0.1) is 27.0 Å². The molecule has 6 nitrogen and oxygen atoms in total. The van der Waals surface area contributed by atoms with Gasteiger partial charge in [0.25, 0.3) is 0 Å². The molecule has 2 aromatic carbocycles. The van der Waals surface area contributed by atoms with Gasteiger partial charge in [0.2, 0.25) is 5.75 Å². The molecule has 0 unspecified atom stereocenters. The van der Waals surface area contributed by atoms with Crippen molar-refractivity contribution in [3.8, 4) is 45.7 Å². The summed E-state index contributed by atoms with van der Waals surface area (Å²) in [5.41, 5.74) is 10.7. The highest BCUT2D eigenvalue weighted by atomic mass is 16.5. The number of methoxy groups -OCH3 is 3. The maximum absolute atomic E-state index is 9.74. The van der Waals surface area contributed by atoms with E-state index < -0.39 is 0 Å². The fourth-order valence-electron chi connectivity index (χ4n) is 3.58. The molecule has 31 heavy (non-hydrogen) atoms. The lowest BCUT2D eigenvalue weighted by Gasteiger charge is -2.16. The second-order valence-corrected chi connectivity index (χ2v) is 7.64. The molecule has 0 aliphatic heterocycles. The van der Waals surface area contributed by atoms with Gasteiger partial charge in [-0.2, -0.15) is 5.26 Å². The normalized spacial score (nSPS) is 10.6. The van der Waals surface area contributed by atoms with E-state index in [1.165, 1.54) is 5.56 Å². The second-order valence-electron chi connectivity index (χ2n) is 7.64. The summed E-state index contributed by atoms with van der Waals surface area (Å²) in [5, 5.41) is 9.74. The van der Waals surface area contributed by atoms with E-state index in [1.54, 1.807) is 33.5 Å². The Labute approximate surface area is 183 Å². The number of rotatable bonds is 7. The lowest BCUT2D eigenvalue weighted by atomic mass is 9.96. The Hall–Kier alpha value is -3.72. The van der Waals surface area contributed by atoms with Crippen LogP contribution in [0.2, 0.25) is 0 Å². The molecule has 0 saturated carbocycles. The maximum atomic E-state index is 9.74. The highest BCUT2D eigenvalue weighted by Gasteiger charge is 2.19. The van der Waals surface area contributed by atoms with E-state index >= 15 is 0 Å². The SMILES string of the molecule is COc1cc(-c2cc(-c3ccc(CC(C)C)cc3)nc(N)c2C#N)cc(OC)c1OC. The molecule has 0 spiro atoms. The zero-order valence-corrected chi connectivity index (χ0v) is 18.5. The molecule has 0 radical (unpaired) electrons. The van der Waals surface area contributed by atoms with Gasteiger partial charge in [0.1, 0.15) is 17.5 Å². The maximum Gasteiger partial charge on any atom is 0.203 e. The van der Waals surface area contributed by atoms with Crippen molar-refractivity contribution in [2.24, 2.45) is 5.92 Å². The Bertz CT molecular complexity index is 1090. The van der Waals surface area contributed by atoms with Crippen molar-refractivity contribution in [3.05, 3.63) is 53.6 Å². The first-order chi connectivity index (χ1) is 14.9. The molecule has 3 rings (SSSR count). The predicted octanol–water partition coefficient (Wildman–Crippen LogP) is 5.09. The third kappa shape index (κ3) is 4.56. The van der Waals surface area contributed by atoms with Crippen molar-refractivity contribution in [2.75, 3.05) is 27.1 Å². The van der Waals surface area contributed by atoms with Crippen LogP contribution in [0, 0.1) is 17.2 Å². The van der Waals surface area contributed by atoms with Crippen LogP contribution in [-0.2, 0) is 6.42 Å². The summed E-state index contributed by atoms with van der Waals surface area (Å²) in [6.45, 7) is 4.39. The van der Waals surface area contributed by atoms with Crippen LogP contribution in [-0.4, -0.2) is 26.3 Å². The van der Waals surface area contributed by atoms with Gasteiger partial charge in [0.15, 0.2) is 11.5 Å². The zero-order valence-electron chi connectivity index (χ0n) is 18.5. The topological polar surface area (TPSA) is 90.4 Å². The van der Waals surface area contributed by atoms with Gasteiger partial charge < -0.3 is 19.9 Å². The monoisotopic (exact) mass is 417 g/mol. The van der Waals surface area contributed by atoms with Crippen LogP contribution < -0.4 is 19.9 Å². The molecule has 0 aliphatic carbocycles. The standard InChI is InChI=1S/C25H27N3O3/c1-15(2)10-16-6-8-17(9-7-16)21-13-19(20(14-26)25(27)28-21)18-11-22(29-3)24(31-5)23(12-18)30-4/h6-9,11-13,15H,10H2,1-5H3,(H2,27,28). The van der Waals surface area contributed by atoms with E-state index in [1.807, 2.05) is 18.2 Å². The van der Waals surface area contributed by atoms with Gasteiger partial charge in [0, 0.05) is 11.1 Å². The van der Waals surface area contributed by atoms with Crippen molar-refractivity contribution in [1.82, 2.24) is 4.98 Å². The largest absolute Gasteiger partial charge is 0.493 e. The summed E-state index contributed by atoms with van der Waals surface area (Å²) in [7, 11) is 4.65. The van der Waals surface area contributed by atoms with E-state index in [-0.39, 0.29) is 5.82 Å². The highest BCUT2D eigenvalue weighted by Crippen LogP contribution is 2.42. The summed E-state index contributed by atoms with van der Waals surface area (Å²) in [5.74, 6) is 2.23. The van der Waals surface area contributed by atoms with Crippen LogP contribution in [0.5, 0.6) is 17.2 Å². The second kappa shape index (κ2) is 9.40. The molecule has 160 valence electrons. The van der Waals surface area contributed by atoms with Crippen LogP contribution in [0.3, 0.4) is 0 Å². The molecule has 0 amide bonds. The summed E-state index contributed by atoms with van der Waals surface area (Å²) in [4.78, 5) is 4.48. The summed E-state index contributed by atoms with van der Waals surface area (Å²) in [6.07, 6.45) is 1.01. The van der Waals surface area contributed by atoms with Gasteiger partial charge in [-0.25, -0.2) is 4.98 Å². The smallest absolute Gasteiger partial charge is 0.203 e. The third-order valence-electron chi connectivity index (χ3n) is 5.03. The van der Waals surface area contributed by atoms with Crippen molar-refractivity contribution >= 4 is 5.82 Å². The van der Waals surface area contributed by atoms with Crippen molar-refractivity contribution < 1.29 is 14.2 Å². The van der Waals surface area contributed by atoms with Crippen LogP contribution in [0.4, 0.5) is 5.82 Å². The number of pyridine rings is 1. The number of nitrogens with zero attached hydrogens (tertiary/aromatic N) is 2. The average molecular weight is 418 g/mol. The first-order valence-corrected chi connectivity index (χ1v) is 10.0. The Morgan fingerprint density at radius 2 is 1.55 bits per heavy atom. The van der Waals surface area contributed by atoms with Crippen molar-refractivity contribution in [1.29, 1.82) is 5.26 Å². The van der Waals surface area contributed by atoms with Crippen LogP contribution in [0.25, 0.3) is 22.4 Å². The Morgan fingerprint density at radius 3 is 2.03 bits per heavy atom. The predicted molar refractivity (Wildman–Crippen MR) is 122 cm³/mol. The molecular formula is C25H27N3O3. The molecular weight excluding hydrogens is 390 g/mol. The summed E-state index contributed by atoms with van der Waals surface area (Å²) < 4.78 is 16.3. The lowest BCUT2D eigenvalue weighted by molar-refractivity contribution is 0.324. The molecule has 2 N–H and O–H groups in total. The minimum Gasteiger partial charge on any atom is -0.493 e. The van der Waals surface area contributed by atoms with E-state index in [2.05, 4.69) is 37.0 Å². The molecule has 1 aromatic heterocycles. The number of nitriles is 1.